The molecule has 5 rings (SSSR count). The van der Waals surface area contributed by atoms with Gasteiger partial charge in [0, 0.05) is 23.3 Å². The van der Waals surface area contributed by atoms with Gasteiger partial charge >= 0.3 is 12.1 Å². The first-order valence-electron chi connectivity index (χ1n) is 12.5. The molecule has 2 heterocycles. The van der Waals surface area contributed by atoms with Crippen LogP contribution in [0.2, 0.25) is 0 Å². The van der Waals surface area contributed by atoms with Crippen molar-refractivity contribution in [2.75, 3.05) is 24.4 Å². The molecule has 0 bridgehead atoms. The van der Waals surface area contributed by atoms with Crippen LogP contribution >= 0.6 is 0 Å². The van der Waals surface area contributed by atoms with Gasteiger partial charge in [-0.25, -0.2) is 9.78 Å². The Morgan fingerprint density at radius 2 is 1.75 bits per heavy atom. The number of rotatable bonds is 5. The number of ether oxygens (including phenoxy) is 2. The highest BCUT2D eigenvalue weighted by molar-refractivity contribution is 5.96. The van der Waals surface area contributed by atoms with Crippen molar-refractivity contribution in [2.45, 2.75) is 57.5 Å². The van der Waals surface area contributed by atoms with E-state index >= 15 is 0 Å². The minimum atomic E-state index is -0.716. The van der Waals surface area contributed by atoms with Gasteiger partial charge in [-0.1, -0.05) is 0 Å². The van der Waals surface area contributed by atoms with E-state index < -0.39 is 5.97 Å². The van der Waals surface area contributed by atoms with Gasteiger partial charge in [0.2, 0.25) is 5.95 Å². The molecule has 2 aliphatic rings. The van der Waals surface area contributed by atoms with Crippen LogP contribution in [-0.2, 0) is 16.0 Å². The Morgan fingerprint density at radius 1 is 1.03 bits per heavy atom. The maximum atomic E-state index is 12.6. The minimum absolute atomic E-state index is 0.0349. The predicted octanol–water partition coefficient (Wildman–Crippen LogP) is 5.51. The van der Waals surface area contributed by atoms with Crippen molar-refractivity contribution in [1.82, 2.24) is 9.55 Å². The molecule has 0 saturated heterocycles. The largest absolute Gasteiger partial charge is 0.497 e. The molecule has 1 saturated carbocycles. The Kier molecular flexibility index (Phi) is 6.47. The molecule has 3 aromatic rings. The number of nitrogens with zero attached hydrogens (tertiary/aromatic N) is 3. The number of carbonyl (C=O) groups is 2. The SMILES string of the molecule is COC(=O)N1c2ccc3c(nc(Nc4ccc(OC)cc4)n3C3CCC(C(=O)O)CC3)c2CCC1C. The first kappa shape index (κ1) is 24.0. The van der Waals surface area contributed by atoms with Crippen molar-refractivity contribution in [3.63, 3.8) is 0 Å². The van der Waals surface area contributed by atoms with Crippen molar-refractivity contribution in [3.8, 4) is 5.75 Å². The number of amides is 1. The second kappa shape index (κ2) is 9.72. The molecule has 1 aliphatic heterocycles. The van der Waals surface area contributed by atoms with E-state index in [0.717, 1.165) is 59.4 Å². The van der Waals surface area contributed by atoms with Crippen molar-refractivity contribution in [3.05, 3.63) is 42.0 Å². The highest BCUT2D eigenvalue weighted by Gasteiger charge is 2.33. The summed E-state index contributed by atoms with van der Waals surface area (Å²) in [6.07, 6.45) is 4.07. The van der Waals surface area contributed by atoms with Crippen LogP contribution in [0.15, 0.2) is 36.4 Å². The highest BCUT2D eigenvalue weighted by Crippen LogP contribution is 2.42. The Hall–Kier alpha value is -3.75. The second-order valence-electron chi connectivity index (χ2n) is 9.66. The number of aliphatic carboxylic acids is 1. The summed E-state index contributed by atoms with van der Waals surface area (Å²) >= 11 is 0. The van der Waals surface area contributed by atoms with Crippen molar-refractivity contribution in [2.24, 2.45) is 5.92 Å². The van der Waals surface area contributed by atoms with E-state index in [2.05, 4.69) is 9.88 Å². The van der Waals surface area contributed by atoms with Gasteiger partial charge in [-0.3, -0.25) is 9.69 Å². The van der Waals surface area contributed by atoms with E-state index in [4.69, 9.17) is 14.5 Å². The number of nitrogens with one attached hydrogen (secondary N) is 1. The maximum absolute atomic E-state index is 12.6. The summed E-state index contributed by atoms with van der Waals surface area (Å²) in [5.41, 5.74) is 4.60. The molecular formula is C27H32N4O5. The quantitative estimate of drug-likeness (QED) is 0.484. The van der Waals surface area contributed by atoms with Gasteiger partial charge in [-0.15, -0.1) is 0 Å². The van der Waals surface area contributed by atoms with Gasteiger partial charge in [0.05, 0.1) is 36.9 Å². The first-order valence-corrected chi connectivity index (χ1v) is 12.5. The molecular weight excluding hydrogens is 460 g/mol. The first-order chi connectivity index (χ1) is 17.4. The third-order valence-corrected chi connectivity index (χ3v) is 7.58. The molecule has 1 fully saturated rings. The molecule has 190 valence electrons. The van der Waals surface area contributed by atoms with E-state index in [1.165, 1.54) is 7.11 Å². The number of anilines is 3. The lowest BCUT2D eigenvalue weighted by Gasteiger charge is -2.34. The van der Waals surface area contributed by atoms with Crippen LogP contribution in [0.3, 0.4) is 0 Å². The molecule has 1 aromatic heterocycles. The van der Waals surface area contributed by atoms with Crippen molar-refractivity contribution in [1.29, 1.82) is 0 Å². The fraction of sp³-hybridized carbons (Fsp3) is 0.444. The third kappa shape index (κ3) is 4.23. The standard InChI is InChI=1S/C27H32N4O5/c1-16-4-13-21-22(30(16)27(34)36-3)14-15-23-24(21)29-26(28-18-7-11-20(35-2)12-8-18)31(23)19-9-5-17(6-10-19)25(32)33/h7-8,11-12,14-17,19H,4-6,9-10,13H2,1-3H3,(H,28,29)(H,32,33). The van der Waals surface area contributed by atoms with Crippen LogP contribution in [-0.4, -0.2) is 47.0 Å². The fourth-order valence-corrected chi connectivity index (χ4v) is 5.62. The van der Waals surface area contributed by atoms with Crippen LogP contribution in [0.25, 0.3) is 11.0 Å². The number of aryl methyl sites for hydroxylation is 1. The van der Waals surface area contributed by atoms with Gasteiger partial charge in [0.1, 0.15) is 5.75 Å². The lowest BCUT2D eigenvalue weighted by molar-refractivity contribution is -0.143. The summed E-state index contributed by atoms with van der Waals surface area (Å²) in [6, 6.07) is 11.9. The second-order valence-corrected chi connectivity index (χ2v) is 9.66. The molecule has 36 heavy (non-hydrogen) atoms. The number of aromatic nitrogens is 2. The topological polar surface area (TPSA) is 106 Å². The zero-order chi connectivity index (χ0) is 25.4. The van der Waals surface area contributed by atoms with E-state index in [0.29, 0.717) is 18.8 Å². The number of imidazole rings is 1. The third-order valence-electron chi connectivity index (χ3n) is 7.58. The minimum Gasteiger partial charge on any atom is -0.497 e. The van der Waals surface area contributed by atoms with Crippen LogP contribution in [0, 0.1) is 5.92 Å². The van der Waals surface area contributed by atoms with Gasteiger partial charge in [-0.2, -0.15) is 0 Å². The van der Waals surface area contributed by atoms with E-state index in [1.54, 1.807) is 12.0 Å². The number of fused-ring (bicyclic) bond motifs is 3. The molecule has 2 N–H and O–H groups in total. The maximum Gasteiger partial charge on any atom is 0.414 e. The van der Waals surface area contributed by atoms with E-state index in [9.17, 15) is 14.7 Å². The molecule has 1 atom stereocenters. The van der Waals surface area contributed by atoms with Crippen LogP contribution in [0.4, 0.5) is 22.1 Å². The molecule has 1 aliphatic carbocycles. The summed E-state index contributed by atoms with van der Waals surface area (Å²) < 4.78 is 12.6. The van der Waals surface area contributed by atoms with Crippen molar-refractivity contribution < 1.29 is 24.2 Å². The number of carbonyl (C=O) groups excluding carboxylic acids is 1. The summed E-state index contributed by atoms with van der Waals surface area (Å²) in [5, 5.41) is 13.0. The smallest absolute Gasteiger partial charge is 0.414 e. The Morgan fingerprint density at radius 3 is 2.39 bits per heavy atom. The number of hydrogen-bond acceptors (Lipinski definition) is 6. The number of carboxylic acid groups (broad SMARTS) is 1. The molecule has 1 amide bonds. The normalized spacial score (nSPS) is 21.6. The number of hydrogen-bond donors (Lipinski definition) is 2. The lowest BCUT2D eigenvalue weighted by Crippen LogP contribution is -2.42. The summed E-state index contributed by atoms with van der Waals surface area (Å²) in [7, 11) is 3.04. The molecule has 0 radical (unpaired) electrons. The zero-order valence-electron chi connectivity index (χ0n) is 20.9. The van der Waals surface area contributed by atoms with Gasteiger partial charge in [0.15, 0.2) is 0 Å². The Balaban J connectivity index is 1.60. The summed E-state index contributed by atoms with van der Waals surface area (Å²) in [6.45, 7) is 2.03. The molecule has 0 spiro atoms. The van der Waals surface area contributed by atoms with Crippen LogP contribution in [0.5, 0.6) is 5.75 Å². The predicted molar refractivity (Wildman–Crippen MR) is 137 cm³/mol. The van der Waals surface area contributed by atoms with Gasteiger partial charge in [0.25, 0.3) is 0 Å². The average Bonchev–Trinajstić information content (AvgIpc) is 3.26. The van der Waals surface area contributed by atoms with E-state index in [1.807, 2.05) is 43.3 Å². The summed E-state index contributed by atoms with van der Waals surface area (Å²) in [4.78, 5) is 30.9. The summed E-state index contributed by atoms with van der Waals surface area (Å²) in [5.74, 6) is 0.473. The molecule has 1 unspecified atom stereocenters. The number of methoxy groups -OCH3 is 2. The highest BCUT2D eigenvalue weighted by atomic mass is 16.5. The Bertz CT molecular complexity index is 1280. The number of carboxylic acids is 1. The van der Waals surface area contributed by atoms with Crippen molar-refractivity contribution >= 4 is 40.4 Å². The Labute approximate surface area is 210 Å². The van der Waals surface area contributed by atoms with Gasteiger partial charge in [-0.05, 0) is 81.8 Å². The molecule has 2 aromatic carbocycles. The average molecular weight is 493 g/mol. The molecule has 9 nitrogen and oxygen atoms in total. The van der Waals surface area contributed by atoms with Crippen LogP contribution in [0.1, 0.15) is 50.6 Å². The number of benzene rings is 2. The monoisotopic (exact) mass is 492 g/mol. The van der Waals surface area contributed by atoms with E-state index in [-0.39, 0.29) is 24.1 Å². The van der Waals surface area contributed by atoms with Gasteiger partial charge < -0.3 is 24.5 Å². The lowest BCUT2D eigenvalue weighted by atomic mass is 9.86. The zero-order valence-corrected chi connectivity index (χ0v) is 20.9. The molecule has 9 heteroatoms. The van der Waals surface area contributed by atoms with Crippen LogP contribution < -0.4 is 15.0 Å². The fourth-order valence-electron chi connectivity index (χ4n) is 5.62.